The Hall–Kier alpha value is -2.98. The van der Waals surface area contributed by atoms with E-state index in [2.05, 4.69) is 24.3 Å². The Morgan fingerprint density at radius 2 is 1.50 bits per heavy atom. The maximum Gasteiger partial charge on any atom is 0.120 e. The number of phenols is 1. The standard InChI is InChI=1S/C22H18O3S/c1-24-17-8-6-14(7-9-17)22-21(15-4-3-5-16(23)12-15)19-11-10-18(25-2)13-20(19)26-22/h3-13,23H,1-2H3. The van der Waals surface area contributed by atoms with E-state index < -0.39 is 0 Å². The molecule has 4 rings (SSSR count). The lowest BCUT2D eigenvalue weighted by atomic mass is 9.98. The minimum absolute atomic E-state index is 0.260. The molecule has 4 heteroatoms. The van der Waals surface area contributed by atoms with Gasteiger partial charge < -0.3 is 14.6 Å². The third kappa shape index (κ3) is 2.89. The molecule has 0 unspecified atom stereocenters. The molecule has 0 bridgehead atoms. The summed E-state index contributed by atoms with van der Waals surface area (Å²) < 4.78 is 11.8. The van der Waals surface area contributed by atoms with Crippen molar-refractivity contribution in [2.75, 3.05) is 14.2 Å². The van der Waals surface area contributed by atoms with Crippen molar-refractivity contribution in [3.63, 3.8) is 0 Å². The first-order valence-electron chi connectivity index (χ1n) is 8.24. The van der Waals surface area contributed by atoms with Crippen molar-refractivity contribution >= 4 is 21.4 Å². The molecule has 0 amide bonds. The number of aromatic hydroxyl groups is 1. The smallest absolute Gasteiger partial charge is 0.120 e. The Morgan fingerprint density at radius 3 is 2.19 bits per heavy atom. The van der Waals surface area contributed by atoms with E-state index in [1.165, 1.54) is 0 Å². The zero-order valence-electron chi connectivity index (χ0n) is 14.5. The van der Waals surface area contributed by atoms with Gasteiger partial charge in [0.1, 0.15) is 17.2 Å². The van der Waals surface area contributed by atoms with Crippen LogP contribution >= 0.6 is 11.3 Å². The molecule has 1 N–H and O–H groups in total. The highest BCUT2D eigenvalue weighted by atomic mass is 32.1. The van der Waals surface area contributed by atoms with E-state index in [9.17, 15) is 5.11 Å². The summed E-state index contributed by atoms with van der Waals surface area (Å²) >= 11 is 1.72. The third-order valence-electron chi connectivity index (χ3n) is 4.38. The van der Waals surface area contributed by atoms with Crippen molar-refractivity contribution in [2.24, 2.45) is 0 Å². The van der Waals surface area contributed by atoms with Gasteiger partial charge in [0.25, 0.3) is 0 Å². The summed E-state index contributed by atoms with van der Waals surface area (Å²) in [6, 6.07) is 21.6. The molecule has 3 aromatic carbocycles. The SMILES string of the molecule is COc1ccc(-c2sc3cc(OC)ccc3c2-c2cccc(O)c2)cc1. The highest BCUT2D eigenvalue weighted by molar-refractivity contribution is 7.23. The number of fused-ring (bicyclic) bond motifs is 1. The van der Waals surface area contributed by atoms with Crippen molar-refractivity contribution < 1.29 is 14.6 Å². The van der Waals surface area contributed by atoms with Crippen LogP contribution in [0.4, 0.5) is 0 Å². The van der Waals surface area contributed by atoms with Gasteiger partial charge in [-0.05, 0) is 65.7 Å². The summed E-state index contributed by atoms with van der Waals surface area (Å²) in [4.78, 5) is 1.15. The molecular formula is C22H18O3S. The van der Waals surface area contributed by atoms with Crippen molar-refractivity contribution in [3.8, 4) is 38.8 Å². The van der Waals surface area contributed by atoms with Crippen LogP contribution in [0.25, 0.3) is 31.7 Å². The normalized spacial score (nSPS) is 10.8. The zero-order valence-corrected chi connectivity index (χ0v) is 15.3. The summed E-state index contributed by atoms with van der Waals surface area (Å²) in [5.74, 6) is 1.92. The van der Waals surface area contributed by atoms with Crippen LogP contribution in [0, 0.1) is 0 Å². The van der Waals surface area contributed by atoms with Crippen LogP contribution in [-0.4, -0.2) is 19.3 Å². The highest BCUT2D eigenvalue weighted by Gasteiger charge is 2.16. The second-order valence-corrected chi connectivity index (χ2v) is 7.00. The largest absolute Gasteiger partial charge is 0.508 e. The second-order valence-electron chi connectivity index (χ2n) is 5.95. The van der Waals surface area contributed by atoms with Crippen LogP contribution < -0.4 is 9.47 Å². The molecule has 0 atom stereocenters. The average molecular weight is 362 g/mol. The fourth-order valence-electron chi connectivity index (χ4n) is 3.10. The molecule has 0 radical (unpaired) electrons. The quantitative estimate of drug-likeness (QED) is 0.487. The molecule has 130 valence electrons. The van der Waals surface area contributed by atoms with Gasteiger partial charge in [-0.25, -0.2) is 0 Å². The van der Waals surface area contributed by atoms with Gasteiger partial charge in [-0.2, -0.15) is 0 Å². The van der Waals surface area contributed by atoms with E-state index in [1.807, 2.05) is 30.3 Å². The molecule has 0 fully saturated rings. The fraction of sp³-hybridized carbons (Fsp3) is 0.0909. The van der Waals surface area contributed by atoms with E-state index in [0.29, 0.717) is 0 Å². The second kappa shape index (κ2) is 6.73. The Labute approximate surface area is 156 Å². The molecule has 0 aliphatic heterocycles. The van der Waals surface area contributed by atoms with Gasteiger partial charge in [0.15, 0.2) is 0 Å². The molecule has 3 nitrogen and oxygen atoms in total. The Bertz CT molecular complexity index is 1060. The maximum absolute atomic E-state index is 9.96. The van der Waals surface area contributed by atoms with Gasteiger partial charge in [0.05, 0.1) is 14.2 Å². The molecule has 4 aromatic rings. The van der Waals surface area contributed by atoms with Gasteiger partial charge in [-0.3, -0.25) is 0 Å². The summed E-state index contributed by atoms with van der Waals surface area (Å²) in [6.07, 6.45) is 0. The van der Waals surface area contributed by atoms with Crippen LogP contribution in [-0.2, 0) is 0 Å². The number of methoxy groups -OCH3 is 2. The van der Waals surface area contributed by atoms with Gasteiger partial charge in [0, 0.05) is 20.5 Å². The Balaban J connectivity index is 1.99. The van der Waals surface area contributed by atoms with Crippen molar-refractivity contribution in [1.82, 2.24) is 0 Å². The molecule has 1 heterocycles. The van der Waals surface area contributed by atoms with Crippen LogP contribution in [0.15, 0.2) is 66.7 Å². The van der Waals surface area contributed by atoms with Crippen LogP contribution in [0.2, 0.25) is 0 Å². The summed E-state index contributed by atoms with van der Waals surface area (Å²) in [6.45, 7) is 0. The molecular weight excluding hydrogens is 344 g/mol. The lowest BCUT2D eigenvalue weighted by Gasteiger charge is -2.07. The molecule has 0 spiro atoms. The lowest BCUT2D eigenvalue weighted by molar-refractivity contribution is 0.415. The van der Waals surface area contributed by atoms with Crippen LogP contribution in [0.5, 0.6) is 17.2 Å². The van der Waals surface area contributed by atoms with E-state index in [1.54, 1.807) is 37.7 Å². The van der Waals surface area contributed by atoms with Gasteiger partial charge in [-0.15, -0.1) is 11.3 Å². The van der Waals surface area contributed by atoms with E-state index in [4.69, 9.17) is 9.47 Å². The summed E-state index contributed by atoms with van der Waals surface area (Å²) in [7, 11) is 3.34. The number of hydrogen-bond acceptors (Lipinski definition) is 4. The maximum atomic E-state index is 9.96. The molecule has 0 saturated heterocycles. The Kier molecular flexibility index (Phi) is 4.27. The molecule has 0 aliphatic rings. The summed E-state index contributed by atoms with van der Waals surface area (Å²) in [5.41, 5.74) is 3.23. The minimum atomic E-state index is 0.260. The molecule has 26 heavy (non-hydrogen) atoms. The number of rotatable bonds is 4. The topological polar surface area (TPSA) is 38.7 Å². The number of phenolic OH excluding ortho intramolecular Hbond substituents is 1. The molecule has 0 saturated carbocycles. The van der Waals surface area contributed by atoms with E-state index in [-0.39, 0.29) is 5.75 Å². The van der Waals surface area contributed by atoms with Crippen molar-refractivity contribution in [3.05, 3.63) is 66.7 Å². The van der Waals surface area contributed by atoms with Gasteiger partial charge in [0.2, 0.25) is 0 Å². The van der Waals surface area contributed by atoms with Crippen molar-refractivity contribution in [1.29, 1.82) is 0 Å². The Morgan fingerprint density at radius 1 is 0.769 bits per heavy atom. The predicted octanol–water partition coefficient (Wildman–Crippen LogP) is 5.96. The molecule has 0 aliphatic carbocycles. The minimum Gasteiger partial charge on any atom is -0.508 e. The number of ether oxygens (including phenoxy) is 2. The average Bonchev–Trinajstić information content (AvgIpc) is 3.06. The first-order valence-corrected chi connectivity index (χ1v) is 9.05. The first kappa shape index (κ1) is 16.5. The van der Waals surface area contributed by atoms with Gasteiger partial charge >= 0.3 is 0 Å². The monoisotopic (exact) mass is 362 g/mol. The summed E-state index contributed by atoms with van der Waals surface area (Å²) in [5, 5.41) is 11.1. The van der Waals surface area contributed by atoms with Crippen LogP contribution in [0.1, 0.15) is 0 Å². The number of hydrogen-bond donors (Lipinski definition) is 1. The highest BCUT2D eigenvalue weighted by Crippen LogP contribution is 2.46. The fourth-order valence-corrected chi connectivity index (χ4v) is 4.36. The van der Waals surface area contributed by atoms with Crippen LogP contribution in [0.3, 0.4) is 0 Å². The number of benzene rings is 3. The third-order valence-corrected chi connectivity index (χ3v) is 5.59. The molecule has 1 aromatic heterocycles. The van der Waals surface area contributed by atoms with E-state index >= 15 is 0 Å². The first-order chi connectivity index (χ1) is 12.7. The predicted molar refractivity (Wildman–Crippen MR) is 107 cm³/mol. The van der Waals surface area contributed by atoms with E-state index in [0.717, 1.165) is 43.2 Å². The number of thiophene rings is 1. The van der Waals surface area contributed by atoms with Crippen molar-refractivity contribution in [2.45, 2.75) is 0 Å². The lowest BCUT2D eigenvalue weighted by Crippen LogP contribution is -1.84. The zero-order chi connectivity index (χ0) is 18.1. The van der Waals surface area contributed by atoms with Gasteiger partial charge in [-0.1, -0.05) is 12.1 Å².